The fraction of sp³-hybridized carbons (Fsp3) is 0.261. The molecular formula is C23H25N5O3S. The zero-order valence-corrected chi connectivity index (χ0v) is 18.4. The lowest BCUT2D eigenvalue weighted by atomic mass is 10.2. The number of fused-ring (bicyclic) bond motifs is 1. The topological polar surface area (TPSA) is 112 Å². The van der Waals surface area contributed by atoms with Crippen LogP contribution >= 0.6 is 11.8 Å². The minimum atomic E-state index is -0.406. The summed E-state index contributed by atoms with van der Waals surface area (Å²) in [4.78, 5) is 44.3. The highest BCUT2D eigenvalue weighted by molar-refractivity contribution is 8.00. The Hall–Kier alpha value is -3.30. The number of benzene rings is 2. The summed E-state index contributed by atoms with van der Waals surface area (Å²) in [5.41, 5.74) is 7.41. The summed E-state index contributed by atoms with van der Waals surface area (Å²) < 4.78 is 0. The molecule has 9 heteroatoms. The number of hydrogen-bond acceptors (Lipinski definition) is 5. The van der Waals surface area contributed by atoms with Crippen LogP contribution in [0.5, 0.6) is 0 Å². The van der Waals surface area contributed by atoms with E-state index < -0.39 is 5.91 Å². The second-order valence-electron chi connectivity index (χ2n) is 7.64. The predicted molar refractivity (Wildman–Crippen MR) is 126 cm³/mol. The van der Waals surface area contributed by atoms with E-state index in [0.717, 1.165) is 15.8 Å². The number of piperazine rings is 1. The van der Waals surface area contributed by atoms with Gasteiger partial charge in [0, 0.05) is 42.0 Å². The van der Waals surface area contributed by atoms with Crippen molar-refractivity contribution in [3.05, 3.63) is 60.3 Å². The molecule has 8 nitrogen and oxygen atoms in total. The van der Waals surface area contributed by atoms with Gasteiger partial charge in [0.05, 0.1) is 18.0 Å². The number of nitrogens with two attached hydrogens (primary N) is 1. The van der Waals surface area contributed by atoms with E-state index in [4.69, 9.17) is 5.73 Å². The molecule has 0 saturated carbocycles. The molecule has 0 atom stereocenters. The summed E-state index contributed by atoms with van der Waals surface area (Å²) >= 11 is 1.30. The third-order valence-corrected chi connectivity index (χ3v) is 6.41. The van der Waals surface area contributed by atoms with Crippen LogP contribution in [0.2, 0.25) is 0 Å². The Balaban J connectivity index is 1.29. The number of carbonyl (C=O) groups excluding carboxylic acids is 3. The Bertz CT molecular complexity index is 1100. The van der Waals surface area contributed by atoms with Crippen LogP contribution in [0.4, 0.5) is 5.69 Å². The lowest BCUT2D eigenvalue weighted by molar-refractivity contribution is -0.117. The van der Waals surface area contributed by atoms with Crippen LogP contribution in [0, 0.1) is 0 Å². The first-order chi connectivity index (χ1) is 15.5. The molecule has 0 aliphatic carbocycles. The molecule has 166 valence electrons. The maximum absolute atomic E-state index is 12.8. The second-order valence-corrected chi connectivity index (χ2v) is 8.66. The molecule has 0 unspecified atom stereocenters. The lowest BCUT2D eigenvalue weighted by Crippen LogP contribution is -2.50. The fourth-order valence-electron chi connectivity index (χ4n) is 3.71. The summed E-state index contributed by atoms with van der Waals surface area (Å²) in [6, 6.07) is 17.0. The smallest absolute Gasteiger partial charge is 0.270 e. The number of H-pyrrole nitrogens is 1. The van der Waals surface area contributed by atoms with Gasteiger partial charge in [0.15, 0.2) is 0 Å². The van der Waals surface area contributed by atoms with Crippen LogP contribution in [0.15, 0.2) is 59.5 Å². The molecule has 3 aromatic rings. The Morgan fingerprint density at radius 3 is 2.47 bits per heavy atom. The van der Waals surface area contributed by atoms with Crippen molar-refractivity contribution in [1.29, 1.82) is 0 Å². The minimum Gasteiger partial charge on any atom is -0.369 e. The third kappa shape index (κ3) is 5.30. The number of primary amides is 1. The zero-order chi connectivity index (χ0) is 22.5. The monoisotopic (exact) mass is 451 g/mol. The van der Waals surface area contributed by atoms with Crippen LogP contribution < -0.4 is 11.1 Å². The van der Waals surface area contributed by atoms with E-state index in [0.29, 0.717) is 37.6 Å². The molecule has 2 heterocycles. The third-order valence-electron chi connectivity index (χ3n) is 5.32. The fourth-order valence-corrected chi connectivity index (χ4v) is 4.45. The van der Waals surface area contributed by atoms with Gasteiger partial charge in [-0.25, -0.2) is 0 Å². The normalized spacial score (nSPS) is 14.4. The van der Waals surface area contributed by atoms with Crippen molar-refractivity contribution in [3.8, 4) is 0 Å². The van der Waals surface area contributed by atoms with Crippen LogP contribution in [0.1, 0.15) is 10.5 Å². The van der Waals surface area contributed by atoms with E-state index >= 15 is 0 Å². The van der Waals surface area contributed by atoms with Crippen molar-refractivity contribution in [2.24, 2.45) is 5.73 Å². The van der Waals surface area contributed by atoms with Gasteiger partial charge in [-0.3, -0.25) is 19.3 Å². The van der Waals surface area contributed by atoms with Gasteiger partial charge in [-0.05, 0) is 24.3 Å². The average molecular weight is 452 g/mol. The Labute approximate surface area is 190 Å². The summed E-state index contributed by atoms with van der Waals surface area (Å²) in [5.74, 6) is -0.409. The molecular weight excluding hydrogens is 426 g/mol. The largest absolute Gasteiger partial charge is 0.369 e. The minimum absolute atomic E-state index is 0.0225. The molecule has 0 spiro atoms. The molecule has 1 aliphatic rings. The first-order valence-electron chi connectivity index (χ1n) is 10.4. The summed E-state index contributed by atoms with van der Waals surface area (Å²) in [5, 5.41) is 3.93. The maximum Gasteiger partial charge on any atom is 0.270 e. The van der Waals surface area contributed by atoms with Crippen molar-refractivity contribution in [1.82, 2.24) is 14.8 Å². The Morgan fingerprint density at radius 2 is 1.72 bits per heavy atom. The van der Waals surface area contributed by atoms with E-state index in [-0.39, 0.29) is 24.1 Å². The highest BCUT2D eigenvalue weighted by Gasteiger charge is 2.24. The molecule has 0 bridgehead atoms. The Kier molecular flexibility index (Phi) is 6.77. The average Bonchev–Trinajstić information content (AvgIpc) is 3.23. The number of aromatic amines is 1. The van der Waals surface area contributed by atoms with Gasteiger partial charge in [-0.1, -0.05) is 30.3 Å². The van der Waals surface area contributed by atoms with E-state index in [9.17, 15) is 14.4 Å². The molecule has 4 N–H and O–H groups in total. The molecule has 2 aromatic carbocycles. The van der Waals surface area contributed by atoms with Gasteiger partial charge in [0.25, 0.3) is 5.91 Å². The molecule has 1 aliphatic heterocycles. The number of carbonyl (C=O) groups is 3. The predicted octanol–water partition coefficient (Wildman–Crippen LogP) is 2.14. The molecule has 1 saturated heterocycles. The van der Waals surface area contributed by atoms with Crippen molar-refractivity contribution in [2.75, 3.05) is 43.8 Å². The number of hydrogen-bond donors (Lipinski definition) is 3. The van der Waals surface area contributed by atoms with Gasteiger partial charge in [0.2, 0.25) is 11.8 Å². The standard InChI is InChI=1S/C23H25N5O3S/c24-21(29)15-32-20-8-4-3-7-18(20)26-22(30)14-27-9-11-28(12-10-27)23(31)19-13-16-5-1-2-6-17(16)25-19/h1-8,13,25H,9-12,14-15H2,(H2,24,29)(H,26,30). The van der Waals surface area contributed by atoms with Crippen molar-refractivity contribution in [2.45, 2.75) is 4.90 Å². The van der Waals surface area contributed by atoms with Crippen LogP contribution in [0.25, 0.3) is 10.9 Å². The van der Waals surface area contributed by atoms with Crippen molar-refractivity contribution < 1.29 is 14.4 Å². The second kappa shape index (κ2) is 9.88. The molecule has 3 amide bonds. The Morgan fingerprint density at radius 1 is 1.00 bits per heavy atom. The lowest BCUT2D eigenvalue weighted by Gasteiger charge is -2.34. The zero-order valence-electron chi connectivity index (χ0n) is 17.5. The van der Waals surface area contributed by atoms with Gasteiger partial charge < -0.3 is 20.9 Å². The quantitative estimate of drug-likeness (QED) is 0.477. The van der Waals surface area contributed by atoms with E-state index in [1.54, 1.807) is 6.07 Å². The van der Waals surface area contributed by atoms with Gasteiger partial charge >= 0.3 is 0 Å². The van der Waals surface area contributed by atoms with Crippen molar-refractivity contribution >= 4 is 46.1 Å². The number of thioether (sulfide) groups is 1. The number of amides is 3. The SMILES string of the molecule is NC(=O)CSc1ccccc1NC(=O)CN1CCN(C(=O)c2cc3ccccc3[nH]2)CC1. The number of nitrogens with zero attached hydrogens (tertiary/aromatic N) is 2. The van der Waals surface area contributed by atoms with Crippen molar-refractivity contribution in [3.63, 3.8) is 0 Å². The van der Waals surface area contributed by atoms with E-state index in [2.05, 4.69) is 10.3 Å². The summed E-state index contributed by atoms with van der Waals surface area (Å²) in [6.45, 7) is 2.61. The highest BCUT2D eigenvalue weighted by Crippen LogP contribution is 2.26. The number of rotatable bonds is 7. The maximum atomic E-state index is 12.8. The molecule has 32 heavy (non-hydrogen) atoms. The number of para-hydroxylation sites is 2. The van der Waals surface area contributed by atoms with Gasteiger partial charge in [-0.2, -0.15) is 0 Å². The van der Waals surface area contributed by atoms with Crippen LogP contribution in [-0.4, -0.2) is 71.0 Å². The molecule has 4 rings (SSSR count). The molecule has 1 aromatic heterocycles. The first kappa shape index (κ1) is 21.9. The van der Waals surface area contributed by atoms with Gasteiger partial charge in [0.1, 0.15) is 5.69 Å². The summed E-state index contributed by atoms with van der Waals surface area (Å²) in [7, 11) is 0. The van der Waals surface area contributed by atoms with Crippen LogP contribution in [-0.2, 0) is 9.59 Å². The van der Waals surface area contributed by atoms with E-state index in [1.807, 2.05) is 58.3 Å². The molecule has 0 radical (unpaired) electrons. The molecule has 1 fully saturated rings. The highest BCUT2D eigenvalue weighted by atomic mass is 32.2. The van der Waals surface area contributed by atoms with Gasteiger partial charge in [-0.15, -0.1) is 11.8 Å². The number of anilines is 1. The summed E-state index contributed by atoms with van der Waals surface area (Å²) in [6.07, 6.45) is 0. The number of aromatic nitrogens is 1. The van der Waals surface area contributed by atoms with Crippen LogP contribution in [0.3, 0.4) is 0 Å². The van der Waals surface area contributed by atoms with E-state index in [1.165, 1.54) is 11.8 Å². The number of nitrogens with one attached hydrogen (secondary N) is 2. The first-order valence-corrected chi connectivity index (χ1v) is 11.4.